The molecule has 16 heavy (non-hydrogen) atoms. The zero-order valence-corrected chi connectivity index (χ0v) is 10.6. The van der Waals surface area contributed by atoms with Crippen LogP contribution in [0.2, 0.25) is 0 Å². The molecule has 0 spiro atoms. The summed E-state index contributed by atoms with van der Waals surface area (Å²) in [4.78, 5) is 2.45. The Bertz CT molecular complexity index is 207. The molecule has 3 heteroatoms. The van der Waals surface area contributed by atoms with E-state index in [2.05, 4.69) is 17.3 Å². The SMILES string of the molecule is CN1CCCC(NC2CCCCC2CN)C1. The summed E-state index contributed by atoms with van der Waals surface area (Å²) < 4.78 is 0. The Morgan fingerprint density at radius 1 is 1.19 bits per heavy atom. The lowest BCUT2D eigenvalue weighted by Crippen LogP contribution is -2.52. The minimum atomic E-state index is 0.690. The van der Waals surface area contributed by atoms with Gasteiger partial charge in [-0.1, -0.05) is 12.8 Å². The maximum atomic E-state index is 5.88. The number of likely N-dealkylation sites (tertiary alicyclic amines) is 1. The Hall–Kier alpha value is -0.120. The second-order valence-corrected chi connectivity index (χ2v) is 5.65. The summed E-state index contributed by atoms with van der Waals surface area (Å²) in [6.45, 7) is 3.34. The van der Waals surface area contributed by atoms with E-state index < -0.39 is 0 Å². The predicted octanol–water partition coefficient (Wildman–Crippen LogP) is 1.19. The largest absolute Gasteiger partial charge is 0.330 e. The molecule has 3 N–H and O–H groups in total. The first-order chi connectivity index (χ1) is 7.79. The summed E-state index contributed by atoms with van der Waals surface area (Å²) in [5.74, 6) is 0.723. The first-order valence-electron chi connectivity index (χ1n) is 6.94. The highest BCUT2D eigenvalue weighted by molar-refractivity contribution is 4.86. The van der Waals surface area contributed by atoms with Crippen LogP contribution in [0, 0.1) is 5.92 Å². The molecule has 3 unspecified atom stereocenters. The smallest absolute Gasteiger partial charge is 0.0198 e. The van der Waals surface area contributed by atoms with Crippen molar-refractivity contribution in [2.45, 2.75) is 50.6 Å². The molecule has 0 aromatic rings. The molecule has 0 radical (unpaired) electrons. The van der Waals surface area contributed by atoms with Gasteiger partial charge in [-0.3, -0.25) is 0 Å². The summed E-state index contributed by atoms with van der Waals surface area (Å²) in [5.41, 5.74) is 5.88. The average Bonchev–Trinajstić information content (AvgIpc) is 2.30. The summed E-state index contributed by atoms with van der Waals surface area (Å²) >= 11 is 0. The van der Waals surface area contributed by atoms with E-state index in [9.17, 15) is 0 Å². The van der Waals surface area contributed by atoms with E-state index in [4.69, 9.17) is 5.73 Å². The lowest BCUT2D eigenvalue weighted by molar-refractivity contribution is 0.181. The highest BCUT2D eigenvalue weighted by Crippen LogP contribution is 2.24. The monoisotopic (exact) mass is 225 g/mol. The van der Waals surface area contributed by atoms with E-state index in [1.54, 1.807) is 0 Å². The van der Waals surface area contributed by atoms with Gasteiger partial charge in [0.15, 0.2) is 0 Å². The van der Waals surface area contributed by atoms with Crippen molar-refractivity contribution in [1.82, 2.24) is 10.2 Å². The molecule has 3 atom stereocenters. The van der Waals surface area contributed by atoms with E-state index in [0.717, 1.165) is 12.5 Å². The van der Waals surface area contributed by atoms with Crippen LogP contribution in [0.5, 0.6) is 0 Å². The van der Waals surface area contributed by atoms with Crippen LogP contribution in [0.3, 0.4) is 0 Å². The average molecular weight is 225 g/mol. The molecule has 94 valence electrons. The van der Waals surface area contributed by atoms with Crippen LogP contribution in [-0.2, 0) is 0 Å². The molecule has 2 aliphatic rings. The molecule has 1 saturated heterocycles. The van der Waals surface area contributed by atoms with Gasteiger partial charge in [0, 0.05) is 18.6 Å². The van der Waals surface area contributed by atoms with Gasteiger partial charge >= 0.3 is 0 Å². The van der Waals surface area contributed by atoms with Crippen LogP contribution in [0.1, 0.15) is 38.5 Å². The van der Waals surface area contributed by atoms with Gasteiger partial charge in [-0.25, -0.2) is 0 Å². The number of hydrogen-bond acceptors (Lipinski definition) is 3. The summed E-state index contributed by atoms with van der Waals surface area (Å²) in [6, 6.07) is 1.39. The molecular formula is C13H27N3. The third-order valence-electron chi connectivity index (χ3n) is 4.29. The van der Waals surface area contributed by atoms with E-state index in [1.165, 1.54) is 51.6 Å². The topological polar surface area (TPSA) is 41.3 Å². The molecular weight excluding hydrogens is 198 g/mol. The van der Waals surface area contributed by atoms with Crippen molar-refractivity contribution in [1.29, 1.82) is 0 Å². The predicted molar refractivity (Wildman–Crippen MR) is 68.5 cm³/mol. The Morgan fingerprint density at radius 3 is 2.75 bits per heavy atom. The van der Waals surface area contributed by atoms with Gasteiger partial charge in [-0.05, 0) is 51.7 Å². The zero-order valence-electron chi connectivity index (χ0n) is 10.6. The molecule has 1 aliphatic heterocycles. The van der Waals surface area contributed by atoms with Crippen molar-refractivity contribution in [3.05, 3.63) is 0 Å². The third-order valence-corrected chi connectivity index (χ3v) is 4.29. The van der Waals surface area contributed by atoms with Gasteiger partial charge in [-0.2, -0.15) is 0 Å². The fourth-order valence-corrected chi connectivity index (χ4v) is 3.31. The lowest BCUT2D eigenvalue weighted by atomic mass is 9.84. The summed E-state index contributed by atoms with van der Waals surface area (Å²) in [6.07, 6.45) is 8.12. The number of rotatable bonds is 3. The second kappa shape index (κ2) is 5.99. The molecule has 1 aliphatic carbocycles. The van der Waals surface area contributed by atoms with Crippen molar-refractivity contribution < 1.29 is 0 Å². The number of nitrogens with one attached hydrogen (secondary N) is 1. The molecule has 0 aromatic heterocycles. The van der Waals surface area contributed by atoms with Crippen LogP contribution in [0.25, 0.3) is 0 Å². The second-order valence-electron chi connectivity index (χ2n) is 5.65. The molecule has 0 bridgehead atoms. The number of nitrogens with two attached hydrogens (primary N) is 1. The molecule has 2 rings (SSSR count). The van der Waals surface area contributed by atoms with Crippen LogP contribution >= 0.6 is 0 Å². The zero-order chi connectivity index (χ0) is 11.4. The minimum Gasteiger partial charge on any atom is -0.330 e. The van der Waals surface area contributed by atoms with Gasteiger partial charge in [0.2, 0.25) is 0 Å². The Labute approximate surface area is 99.8 Å². The highest BCUT2D eigenvalue weighted by Gasteiger charge is 2.27. The third kappa shape index (κ3) is 3.19. The number of nitrogens with zero attached hydrogens (tertiary/aromatic N) is 1. The number of piperidine rings is 1. The Kier molecular flexibility index (Phi) is 4.62. The first kappa shape index (κ1) is 12.3. The van der Waals surface area contributed by atoms with Crippen molar-refractivity contribution in [2.24, 2.45) is 11.7 Å². The fraction of sp³-hybridized carbons (Fsp3) is 1.00. The van der Waals surface area contributed by atoms with E-state index in [1.807, 2.05) is 0 Å². The van der Waals surface area contributed by atoms with E-state index in [0.29, 0.717) is 12.1 Å². The van der Waals surface area contributed by atoms with Gasteiger partial charge in [0.1, 0.15) is 0 Å². The normalized spacial score (nSPS) is 37.5. The highest BCUT2D eigenvalue weighted by atomic mass is 15.1. The molecule has 2 fully saturated rings. The van der Waals surface area contributed by atoms with Gasteiger partial charge < -0.3 is 16.0 Å². The number of hydrogen-bond donors (Lipinski definition) is 2. The quantitative estimate of drug-likeness (QED) is 0.758. The molecule has 1 heterocycles. The van der Waals surface area contributed by atoms with Crippen LogP contribution in [0.15, 0.2) is 0 Å². The van der Waals surface area contributed by atoms with E-state index >= 15 is 0 Å². The Balaban J connectivity index is 1.82. The Morgan fingerprint density at radius 2 is 2.00 bits per heavy atom. The van der Waals surface area contributed by atoms with E-state index in [-0.39, 0.29) is 0 Å². The number of likely N-dealkylation sites (N-methyl/N-ethyl adjacent to an activating group) is 1. The maximum Gasteiger partial charge on any atom is 0.0198 e. The van der Waals surface area contributed by atoms with Gasteiger partial charge in [0.05, 0.1) is 0 Å². The molecule has 0 amide bonds. The molecule has 3 nitrogen and oxygen atoms in total. The van der Waals surface area contributed by atoms with Crippen molar-refractivity contribution in [3.8, 4) is 0 Å². The summed E-state index contributed by atoms with van der Waals surface area (Å²) in [5, 5.41) is 3.87. The van der Waals surface area contributed by atoms with Gasteiger partial charge in [0.25, 0.3) is 0 Å². The van der Waals surface area contributed by atoms with Crippen molar-refractivity contribution in [3.63, 3.8) is 0 Å². The minimum absolute atomic E-state index is 0.690. The first-order valence-corrected chi connectivity index (χ1v) is 6.94. The fourth-order valence-electron chi connectivity index (χ4n) is 3.31. The molecule has 1 saturated carbocycles. The van der Waals surface area contributed by atoms with Crippen molar-refractivity contribution >= 4 is 0 Å². The van der Waals surface area contributed by atoms with Crippen LogP contribution in [-0.4, -0.2) is 43.7 Å². The summed E-state index contributed by atoms with van der Waals surface area (Å²) in [7, 11) is 2.23. The molecule has 0 aromatic carbocycles. The van der Waals surface area contributed by atoms with Gasteiger partial charge in [-0.15, -0.1) is 0 Å². The van der Waals surface area contributed by atoms with Crippen molar-refractivity contribution in [2.75, 3.05) is 26.7 Å². The van der Waals surface area contributed by atoms with Crippen LogP contribution < -0.4 is 11.1 Å². The van der Waals surface area contributed by atoms with Crippen LogP contribution in [0.4, 0.5) is 0 Å². The standard InChI is InChI=1S/C13H27N3/c1-16-8-4-6-12(10-16)15-13-7-3-2-5-11(13)9-14/h11-13,15H,2-10,14H2,1H3. The lowest BCUT2D eigenvalue weighted by Gasteiger charge is -2.38. The maximum absolute atomic E-state index is 5.88.